The van der Waals surface area contributed by atoms with Crippen LogP contribution in [0.25, 0.3) is 10.8 Å². The fourth-order valence-electron chi connectivity index (χ4n) is 4.39. The van der Waals surface area contributed by atoms with E-state index in [1.165, 1.54) is 0 Å². The van der Waals surface area contributed by atoms with Gasteiger partial charge in [-0.25, -0.2) is 0 Å². The number of ether oxygens (including phenoxy) is 1. The molecular formula is C32H32Br2N2O3. The monoisotopic (exact) mass is 650 g/mol. The van der Waals surface area contributed by atoms with Gasteiger partial charge in [-0.1, -0.05) is 88.7 Å². The van der Waals surface area contributed by atoms with Crippen LogP contribution in [0.15, 0.2) is 99.9 Å². The lowest BCUT2D eigenvalue weighted by atomic mass is 10.0. The number of fused-ring (bicyclic) bond motifs is 1. The van der Waals surface area contributed by atoms with Gasteiger partial charge in [0.1, 0.15) is 11.8 Å². The number of rotatable bonds is 9. The zero-order valence-electron chi connectivity index (χ0n) is 22.3. The van der Waals surface area contributed by atoms with Crippen molar-refractivity contribution in [2.24, 2.45) is 0 Å². The number of nitrogens with zero attached hydrogens (tertiary/aromatic N) is 1. The molecule has 0 aliphatic heterocycles. The summed E-state index contributed by atoms with van der Waals surface area (Å²) in [5, 5.41) is 5.16. The average molecular weight is 652 g/mol. The van der Waals surface area contributed by atoms with Gasteiger partial charge < -0.3 is 15.0 Å². The minimum absolute atomic E-state index is 0.207. The van der Waals surface area contributed by atoms with Crippen LogP contribution in [0, 0.1) is 0 Å². The van der Waals surface area contributed by atoms with Gasteiger partial charge in [0.25, 0.3) is 5.91 Å². The van der Waals surface area contributed by atoms with Gasteiger partial charge in [-0.2, -0.15) is 0 Å². The van der Waals surface area contributed by atoms with E-state index in [0.29, 0.717) is 12.2 Å². The Morgan fingerprint density at radius 1 is 0.872 bits per heavy atom. The van der Waals surface area contributed by atoms with Crippen molar-refractivity contribution in [2.75, 3.05) is 6.61 Å². The SMILES string of the molecule is CC(C)(C)NC(=O)[C@H](Cc1ccccc1)N(Cc1cccc(Br)c1)C(=O)COc1ccc2ccccc2c1Br. The molecule has 39 heavy (non-hydrogen) atoms. The molecule has 0 saturated heterocycles. The molecule has 0 heterocycles. The average Bonchev–Trinajstić information content (AvgIpc) is 2.90. The lowest BCUT2D eigenvalue weighted by Crippen LogP contribution is -2.55. The van der Waals surface area contributed by atoms with Gasteiger partial charge in [0.05, 0.1) is 4.47 Å². The highest BCUT2D eigenvalue weighted by atomic mass is 79.9. The smallest absolute Gasteiger partial charge is 0.261 e. The van der Waals surface area contributed by atoms with E-state index in [0.717, 1.165) is 30.8 Å². The second-order valence-corrected chi connectivity index (χ2v) is 12.2. The van der Waals surface area contributed by atoms with Crippen LogP contribution in [-0.2, 0) is 22.6 Å². The first-order valence-corrected chi connectivity index (χ1v) is 14.4. The first-order chi connectivity index (χ1) is 18.6. The Hall–Kier alpha value is -3.16. The molecule has 4 rings (SSSR count). The predicted octanol–water partition coefficient (Wildman–Crippen LogP) is 7.30. The van der Waals surface area contributed by atoms with Crippen molar-refractivity contribution >= 4 is 54.4 Å². The fourth-order valence-corrected chi connectivity index (χ4v) is 5.44. The normalized spacial score (nSPS) is 12.1. The van der Waals surface area contributed by atoms with E-state index in [-0.39, 0.29) is 25.0 Å². The van der Waals surface area contributed by atoms with Gasteiger partial charge in [-0.15, -0.1) is 0 Å². The van der Waals surface area contributed by atoms with Crippen molar-refractivity contribution in [1.82, 2.24) is 10.2 Å². The number of amides is 2. The maximum atomic E-state index is 13.9. The number of carbonyl (C=O) groups is 2. The van der Waals surface area contributed by atoms with Crippen LogP contribution in [0.3, 0.4) is 0 Å². The molecule has 0 spiro atoms. The van der Waals surface area contributed by atoms with Crippen molar-refractivity contribution in [3.8, 4) is 5.75 Å². The predicted molar refractivity (Wildman–Crippen MR) is 164 cm³/mol. The highest BCUT2D eigenvalue weighted by Gasteiger charge is 2.32. The van der Waals surface area contributed by atoms with Crippen molar-refractivity contribution < 1.29 is 14.3 Å². The Morgan fingerprint density at radius 2 is 1.56 bits per heavy atom. The van der Waals surface area contributed by atoms with Crippen molar-refractivity contribution in [3.63, 3.8) is 0 Å². The number of benzene rings is 4. The maximum Gasteiger partial charge on any atom is 0.261 e. The third kappa shape index (κ3) is 7.93. The number of halogens is 2. The highest BCUT2D eigenvalue weighted by Crippen LogP contribution is 2.33. The second-order valence-electron chi connectivity index (χ2n) is 10.5. The van der Waals surface area contributed by atoms with Crippen LogP contribution in [0.1, 0.15) is 31.9 Å². The van der Waals surface area contributed by atoms with Crippen LogP contribution in [0.2, 0.25) is 0 Å². The summed E-state index contributed by atoms with van der Waals surface area (Å²) < 4.78 is 7.75. The molecule has 1 atom stereocenters. The van der Waals surface area contributed by atoms with Gasteiger partial charge in [0.15, 0.2) is 6.61 Å². The van der Waals surface area contributed by atoms with E-state index in [4.69, 9.17) is 4.74 Å². The maximum absolute atomic E-state index is 13.9. The third-order valence-corrected chi connectivity index (χ3v) is 7.50. The number of nitrogens with one attached hydrogen (secondary N) is 1. The van der Waals surface area contributed by atoms with Crippen molar-refractivity contribution in [3.05, 3.63) is 111 Å². The number of hydrogen-bond donors (Lipinski definition) is 1. The Kier molecular flexibility index (Phi) is 9.46. The number of carbonyl (C=O) groups excluding carboxylic acids is 2. The molecule has 7 heteroatoms. The standard InChI is InChI=1S/C32H32Br2N2O3/c1-32(2,3)35-31(38)27(19-22-10-5-4-6-11-22)36(20-23-12-9-14-25(33)18-23)29(37)21-39-28-17-16-24-13-7-8-15-26(24)30(28)34/h4-18,27H,19-21H2,1-3H3,(H,35,38)/t27-/m0/s1. The Morgan fingerprint density at radius 3 is 2.28 bits per heavy atom. The van der Waals surface area contributed by atoms with Gasteiger partial charge >= 0.3 is 0 Å². The van der Waals surface area contributed by atoms with Crippen LogP contribution in [0.4, 0.5) is 0 Å². The highest BCUT2D eigenvalue weighted by molar-refractivity contribution is 9.11. The Bertz CT molecular complexity index is 1450. The molecule has 0 unspecified atom stereocenters. The van der Waals surface area contributed by atoms with E-state index in [1.807, 2.05) is 112 Å². The molecule has 0 aromatic heterocycles. The lowest BCUT2D eigenvalue weighted by molar-refractivity contribution is -0.143. The van der Waals surface area contributed by atoms with E-state index in [2.05, 4.69) is 37.2 Å². The molecule has 1 N–H and O–H groups in total. The topological polar surface area (TPSA) is 58.6 Å². The summed E-state index contributed by atoms with van der Waals surface area (Å²) in [5.74, 6) is 0.0878. The second kappa shape index (κ2) is 12.8. The van der Waals surface area contributed by atoms with E-state index < -0.39 is 11.6 Å². The van der Waals surface area contributed by atoms with Crippen LogP contribution >= 0.6 is 31.9 Å². The Labute approximate surface area is 246 Å². The van der Waals surface area contributed by atoms with E-state index in [9.17, 15) is 9.59 Å². The molecule has 0 saturated carbocycles. The summed E-state index contributed by atoms with van der Waals surface area (Å²) in [6, 6.07) is 28.6. The van der Waals surface area contributed by atoms with E-state index in [1.54, 1.807) is 4.90 Å². The van der Waals surface area contributed by atoms with Gasteiger partial charge in [-0.3, -0.25) is 9.59 Å². The molecule has 0 aliphatic carbocycles. The minimum Gasteiger partial charge on any atom is -0.483 e. The molecule has 4 aromatic rings. The lowest BCUT2D eigenvalue weighted by Gasteiger charge is -2.33. The number of hydrogen-bond acceptors (Lipinski definition) is 3. The summed E-state index contributed by atoms with van der Waals surface area (Å²) >= 11 is 7.17. The van der Waals surface area contributed by atoms with Crippen LogP contribution in [-0.4, -0.2) is 34.9 Å². The third-order valence-electron chi connectivity index (χ3n) is 6.19. The molecule has 0 radical (unpaired) electrons. The van der Waals surface area contributed by atoms with Gasteiger partial charge in [0, 0.05) is 23.0 Å². The first kappa shape index (κ1) is 28.8. The van der Waals surface area contributed by atoms with E-state index >= 15 is 0 Å². The Balaban J connectivity index is 1.66. The van der Waals surface area contributed by atoms with Crippen LogP contribution < -0.4 is 10.1 Å². The minimum atomic E-state index is -0.734. The zero-order valence-corrected chi connectivity index (χ0v) is 25.5. The first-order valence-electron chi connectivity index (χ1n) is 12.8. The molecule has 202 valence electrons. The molecule has 0 aliphatic rings. The van der Waals surface area contributed by atoms with Gasteiger partial charge in [0.2, 0.25) is 5.91 Å². The molecule has 2 amide bonds. The quantitative estimate of drug-likeness (QED) is 0.207. The molecular weight excluding hydrogens is 620 g/mol. The summed E-state index contributed by atoms with van der Waals surface area (Å²) in [7, 11) is 0. The van der Waals surface area contributed by atoms with Crippen molar-refractivity contribution in [1.29, 1.82) is 0 Å². The van der Waals surface area contributed by atoms with Gasteiger partial charge in [-0.05, 0) is 76.8 Å². The molecule has 0 bridgehead atoms. The zero-order chi connectivity index (χ0) is 28.0. The fraction of sp³-hybridized carbons (Fsp3) is 0.250. The van der Waals surface area contributed by atoms with Crippen LogP contribution in [0.5, 0.6) is 5.75 Å². The molecule has 4 aromatic carbocycles. The largest absolute Gasteiger partial charge is 0.483 e. The summed E-state index contributed by atoms with van der Waals surface area (Å²) in [6.45, 7) is 5.86. The summed E-state index contributed by atoms with van der Waals surface area (Å²) in [5.41, 5.74) is 1.42. The van der Waals surface area contributed by atoms with Crippen molar-refractivity contribution in [2.45, 2.75) is 45.3 Å². The summed E-state index contributed by atoms with van der Waals surface area (Å²) in [4.78, 5) is 29.2. The molecule has 0 fully saturated rings. The molecule has 5 nitrogen and oxygen atoms in total. The summed E-state index contributed by atoms with van der Waals surface area (Å²) in [6.07, 6.45) is 0.377.